The molecule has 1 aliphatic heterocycles. The predicted octanol–water partition coefficient (Wildman–Crippen LogP) is 1.57. The molecule has 1 N–H and O–H groups in total. The van der Waals surface area contributed by atoms with Gasteiger partial charge < -0.3 is 5.32 Å². The van der Waals surface area contributed by atoms with E-state index in [9.17, 15) is 8.42 Å². The summed E-state index contributed by atoms with van der Waals surface area (Å²) in [5.74, 6) is 1.22. The summed E-state index contributed by atoms with van der Waals surface area (Å²) in [7, 11) is -3.48. The largest absolute Gasteiger partial charge is 0.355 e. The second-order valence-corrected chi connectivity index (χ2v) is 7.48. The fourth-order valence-corrected chi connectivity index (χ4v) is 4.22. The Labute approximate surface area is 120 Å². The summed E-state index contributed by atoms with van der Waals surface area (Å²) in [5.41, 5.74) is 0. The van der Waals surface area contributed by atoms with Crippen molar-refractivity contribution in [1.82, 2.24) is 14.3 Å². The first-order chi connectivity index (χ1) is 9.43. The Morgan fingerprint density at radius 3 is 2.30 bits per heavy atom. The fraction of sp³-hybridized carbons (Fsp3) is 0.692. The molecule has 0 aliphatic carbocycles. The van der Waals surface area contributed by atoms with E-state index in [0.29, 0.717) is 37.4 Å². The van der Waals surface area contributed by atoms with Gasteiger partial charge in [-0.05, 0) is 25.2 Å². The van der Waals surface area contributed by atoms with E-state index in [1.165, 1.54) is 12.4 Å². The standard InChI is InChI=1S/C13H22N4O2S/c1-4-14-13-15-6-12(7-16-13)20(18,19)17-8-10(2)5-11(3)9-17/h6-7,10-11H,4-5,8-9H2,1-3H3,(H,14,15,16). The predicted molar refractivity (Wildman–Crippen MR) is 77.9 cm³/mol. The molecule has 0 bridgehead atoms. The maximum atomic E-state index is 12.6. The van der Waals surface area contributed by atoms with Gasteiger partial charge in [-0.25, -0.2) is 18.4 Å². The van der Waals surface area contributed by atoms with Crippen molar-refractivity contribution < 1.29 is 8.42 Å². The van der Waals surface area contributed by atoms with Crippen molar-refractivity contribution in [2.24, 2.45) is 11.8 Å². The van der Waals surface area contributed by atoms with Crippen molar-refractivity contribution in [3.05, 3.63) is 12.4 Å². The average Bonchev–Trinajstić information content (AvgIpc) is 2.38. The first-order valence-corrected chi connectivity index (χ1v) is 8.43. The fourth-order valence-electron chi connectivity index (χ4n) is 2.65. The second-order valence-electron chi connectivity index (χ2n) is 5.54. The minimum atomic E-state index is -3.48. The molecule has 2 heterocycles. The molecular weight excluding hydrogens is 276 g/mol. The molecule has 7 heteroatoms. The van der Waals surface area contributed by atoms with Crippen LogP contribution in [0.5, 0.6) is 0 Å². The van der Waals surface area contributed by atoms with Crippen LogP contribution in [0, 0.1) is 11.8 Å². The van der Waals surface area contributed by atoms with Gasteiger partial charge in [0.05, 0.1) is 12.4 Å². The highest BCUT2D eigenvalue weighted by Gasteiger charge is 2.32. The van der Waals surface area contributed by atoms with Crippen LogP contribution < -0.4 is 5.32 Å². The molecule has 0 saturated carbocycles. The minimum Gasteiger partial charge on any atom is -0.355 e. The summed E-state index contributed by atoms with van der Waals surface area (Å²) >= 11 is 0. The zero-order chi connectivity index (χ0) is 14.8. The molecule has 20 heavy (non-hydrogen) atoms. The van der Waals surface area contributed by atoms with E-state index in [4.69, 9.17) is 0 Å². The number of hydrogen-bond donors (Lipinski definition) is 1. The monoisotopic (exact) mass is 298 g/mol. The van der Waals surface area contributed by atoms with E-state index in [1.807, 2.05) is 6.92 Å². The number of nitrogens with zero attached hydrogens (tertiary/aromatic N) is 3. The molecule has 1 aliphatic rings. The lowest BCUT2D eigenvalue weighted by Crippen LogP contribution is -2.42. The Balaban J connectivity index is 2.21. The van der Waals surface area contributed by atoms with Gasteiger partial charge in [-0.2, -0.15) is 4.31 Å². The first kappa shape index (κ1) is 15.2. The molecule has 2 unspecified atom stereocenters. The van der Waals surface area contributed by atoms with Crippen LogP contribution in [-0.2, 0) is 10.0 Å². The van der Waals surface area contributed by atoms with E-state index in [2.05, 4.69) is 29.1 Å². The topological polar surface area (TPSA) is 75.2 Å². The average molecular weight is 298 g/mol. The maximum Gasteiger partial charge on any atom is 0.246 e. The number of nitrogens with one attached hydrogen (secondary N) is 1. The van der Waals surface area contributed by atoms with Crippen LogP contribution in [0.4, 0.5) is 5.95 Å². The lowest BCUT2D eigenvalue weighted by Gasteiger charge is -2.33. The molecule has 1 saturated heterocycles. The van der Waals surface area contributed by atoms with Crippen LogP contribution in [0.1, 0.15) is 27.2 Å². The van der Waals surface area contributed by atoms with E-state index >= 15 is 0 Å². The van der Waals surface area contributed by atoms with Crippen LogP contribution >= 0.6 is 0 Å². The number of hydrogen-bond acceptors (Lipinski definition) is 5. The highest BCUT2D eigenvalue weighted by molar-refractivity contribution is 7.89. The molecular formula is C13H22N4O2S. The van der Waals surface area contributed by atoms with Gasteiger partial charge >= 0.3 is 0 Å². The number of aromatic nitrogens is 2. The SMILES string of the molecule is CCNc1ncc(S(=O)(=O)N2CC(C)CC(C)C2)cn1. The molecule has 1 aromatic heterocycles. The Morgan fingerprint density at radius 2 is 1.80 bits per heavy atom. The van der Waals surface area contributed by atoms with Crippen LogP contribution in [0.15, 0.2) is 17.3 Å². The zero-order valence-electron chi connectivity index (χ0n) is 12.2. The molecule has 112 valence electrons. The van der Waals surface area contributed by atoms with Crippen molar-refractivity contribution in [3.8, 4) is 0 Å². The quantitative estimate of drug-likeness (QED) is 0.913. The summed E-state index contributed by atoms with van der Waals surface area (Å²) in [5, 5.41) is 2.95. The molecule has 6 nitrogen and oxygen atoms in total. The number of rotatable bonds is 4. The van der Waals surface area contributed by atoms with Gasteiger partial charge in [-0.3, -0.25) is 0 Å². The van der Waals surface area contributed by atoms with Crippen molar-refractivity contribution >= 4 is 16.0 Å². The van der Waals surface area contributed by atoms with Crippen molar-refractivity contribution in [1.29, 1.82) is 0 Å². The Morgan fingerprint density at radius 1 is 1.25 bits per heavy atom. The summed E-state index contributed by atoms with van der Waals surface area (Å²) in [6.45, 7) is 7.95. The highest BCUT2D eigenvalue weighted by atomic mass is 32.2. The van der Waals surface area contributed by atoms with Crippen LogP contribution in [0.3, 0.4) is 0 Å². The first-order valence-electron chi connectivity index (χ1n) is 6.99. The van der Waals surface area contributed by atoms with E-state index < -0.39 is 10.0 Å². The van der Waals surface area contributed by atoms with Crippen molar-refractivity contribution in [2.75, 3.05) is 25.0 Å². The number of sulfonamides is 1. The third-order valence-corrected chi connectivity index (χ3v) is 5.22. The molecule has 1 aromatic rings. The van der Waals surface area contributed by atoms with Gasteiger partial charge in [0.25, 0.3) is 0 Å². The van der Waals surface area contributed by atoms with Gasteiger partial charge in [0.1, 0.15) is 4.90 Å². The molecule has 2 rings (SSSR count). The van der Waals surface area contributed by atoms with Crippen molar-refractivity contribution in [3.63, 3.8) is 0 Å². The summed E-state index contributed by atoms with van der Waals surface area (Å²) in [4.78, 5) is 8.25. The van der Waals surface area contributed by atoms with Crippen molar-refractivity contribution in [2.45, 2.75) is 32.1 Å². The number of piperidine rings is 1. The second kappa shape index (κ2) is 6.05. The van der Waals surface area contributed by atoms with Crippen LogP contribution in [0.2, 0.25) is 0 Å². The highest BCUT2D eigenvalue weighted by Crippen LogP contribution is 2.26. The Hall–Kier alpha value is -1.21. The van der Waals surface area contributed by atoms with E-state index in [-0.39, 0.29) is 4.90 Å². The third-order valence-electron chi connectivity index (χ3n) is 3.44. The minimum absolute atomic E-state index is 0.167. The normalized spacial score (nSPS) is 24.6. The number of anilines is 1. The van der Waals surface area contributed by atoms with E-state index in [0.717, 1.165) is 6.42 Å². The molecule has 0 aromatic carbocycles. The lowest BCUT2D eigenvalue weighted by atomic mass is 9.94. The molecule has 1 fully saturated rings. The summed E-state index contributed by atoms with van der Waals surface area (Å²) in [6.07, 6.45) is 3.83. The Kier molecular flexibility index (Phi) is 4.59. The maximum absolute atomic E-state index is 12.6. The van der Waals surface area contributed by atoms with Crippen LogP contribution in [-0.4, -0.2) is 42.3 Å². The van der Waals surface area contributed by atoms with Gasteiger partial charge in [-0.15, -0.1) is 0 Å². The summed E-state index contributed by atoms with van der Waals surface area (Å²) < 4.78 is 26.7. The van der Waals surface area contributed by atoms with Crippen LogP contribution in [0.25, 0.3) is 0 Å². The summed E-state index contributed by atoms with van der Waals surface area (Å²) in [6, 6.07) is 0. The molecule has 0 amide bonds. The Bertz CT molecular complexity index is 534. The van der Waals surface area contributed by atoms with E-state index in [1.54, 1.807) is 4.31 Å². The van der Waals surface area contributed by atoms with Gasteiger partial charge in [-0.1, -0.05) is 13.8 Å². The van der Waals surface area contributed by atoms with Gasteiger partial charge in [0.15, 0.2) is 0 Å². The lowest BCUT2D eigenvalue weighted by molar-refractivity contribution is 0.222. The van der Waals surface area contributed by atoms with Gasteiger partial charge in [0.2, 0.25) is 16.0 Å². The molecule has 2 atom stereocenters. The zero-order valence-corrected chi connectivity index (χ0v) is 13.0. The molecule has 0 spiro atoms. The molecule has 0 radical (unpaired) electrons. The third kappa shape index (κ3) is 3.27. The smallest absolute Gasteiger partial charge is 0.246 e. The van der Waals surface area contributed by atoms with Gasteiger partial charge in [0, 0.05) is 19.6 Å².